The zero-order valence-corrected chi connectivity index (χ0v) is 24.5. The molecule has 9 heteroatoms. The molecule has 2 aromatic rings. The lowest BCUT2D eigenvalue weighted by atomic mass is 9.65. The van der Waals surface area contributed by atoms with E-state index in [-0.39, 0.29) is 40.6 Å². The largest absolute Gasteiger partial charge is 0.387 e. The molecule has 0 radical (unpaired) electrons. The predicted octanol–water partition coefficient (Wildman–Crippen LogP) is 3.80. The van der Waals surface area contributed by atoms with Crippen molar-refractivity contribution in [1.82, 2.24) is 19.7 Å². The fourth-order valence-corrected chi connectivity index (χ4v) is 7.67. The van der Waals surface area contributed by atoms with Gasteiger partial charge in [-0.15, -0.1) is 0 Å². The summed E-state index contributed by atoms with van der Waals surface area (Å²) in [5, 5.41) is 15.6. The van der Waals surface area contributed by atoms with Gasteiger partial charge in [0, 0.05) is 74.5 Å². The standard InChI is InChI=1S/C33H43FN4O4/c34-28-9-2-1-8-25(28)26-20-30(40)38(21-27(26)31(41)36-18-15-35-16-19-36)23-33(42)14-17-37(22-32(33)12-3-4-13-32)29(39)11-10-24-6-5-7-24/h1-2,8-9,20-21,24,35,42H,3-7,10-19,22-23H2. The lowest BCUT2D eigenvalue weighted by molar-refractivity contribution is -0.160. The average Bonchev–Trinajstić information content (AvgIpc) is 3.45. The van der Waals surface area contributed by atoms with Gasteiger partial charge in [-0.25, -0.2) is 4.39 Å². The van der Waals surface area contributed by atoms with E-state index in [4.69, 9.17) is 0 Å². The van der Waals surface area contributed by atoms with E-state index in [1.807, 2.05) is 4.90 Å². The topological polar surface area (TPSA) is 94.9 Å². The van der Waals surface area contributed by atoms with E-state index >= 15 is 0 Å². The van der Waals surface area contributed by atoms with Gasteiger partial charge in [-0.2, -0.15) is 0 Å². The van der Waals surface area contributed by atoms with Crippen molar-refractivity contribution in [2.75, 3.05) is 39.3 Å². The van der Waals surface area contributed by atoms with Crippen LogP contribution in [0.1, 0.15) is 74.6 Å². The van der Waals surface area contributed by atoms with Crippen LogP contribution in [0.3, 0.4) is 0 Å². The Morgan fingerprint density at radius 2 is 1.71 bits per heavy atom. The SMILES string of the molecule is O=C(CCC1CCC1)N1CCC(O)(Cn2cc(C(=O)N3CCNCC3)c(-c3ccccc3F)cc2=O)C2(CCCC2)C1. The number of rotatable bonds is 7. The number of benzene rings is 1. The van der Waals surface area contributed by atoms with E-state index in [1.54, 1.807) is 23.1 Å². The van der Waals surface area contributed by atoms with Crippen LogP contribution in [-0.4, -0.2) is 76.2 Å². The zero-order valence-electron chi connectivity index (χ0n) is 24.5. The highest BCUT2D eigenvalue weighted by Gasteiger charge is 2.55. The second-order valence-corrected chi connectivity index (χ2v) is 13.0. The molecular formula is C33H43FN4O4. The molecule has 8 nitrogen and oxygen atoms in total. The Kier molecular flexibility index (Phi) is 8.24. The number of halogens is 1. The minimum absolute atomic E-state index is 0.0370. The fraction of sp³-hybridized carbons (Fsp3) is 0.606. The van der Waals surface area contributed by atoms with Crippen LogP contribution >= 0.6 is 0 Å². The number of likely N-dealkylation sites (tertiary alicyclic amines) is 1. The third-order valence-electron chi connectivity index (χ3n) is 10.5. The van der Waals surface area contributed by atoms with Crippen LogP contribution in [0.15, 0.2) is 41.3 Å². The molecule has 1 atom stereocenters. The second kappa shape index (κ2) is 11.9. The molecule has 2 aliphatic heterocycles. The van der Waals surface area contributed by atoms with Gasteiger partial charge >= 0.3 is 0 Å². The van der Waals surface area contributed by atoms with Gasteiger partial charge in [0.2, 0.25) is 5.91 Å². The highest BCUT2D eigenvalue weighted by molar-refractivity contribution is 6.00. The molecule has 4 aliphatic rings. The first kappa shape index (κ1) is 29.1. The number of amides is 2. The van der Waals surface area contributed by atoms with Crippen molar-refractivity contribution in [1.29, 1.82) is 0 Å². The summed E-state index contributed by atoms with van der Waals surface area (Å²) in [6.45, 7) is 3.36. The summed E-state index contributed by atoms with van der Waals surface area (Å²) in [6.07, 6.45) is 10.7. The molecule has 42 heavy (non-hydrogen) atoms. The summed E-state index contributed by atoms with van der Waals surface area (Å²) < 4.78 is 16.4. The van der Waals surface area contributed by atoms with E-state index in [2.05, 4.69) is 5.32 Å². The Hall–Kier alpha value is -3.04. The molecule has 226 valence electrons. The average molecular weight is 579 g/mol. The number of pyridine rings is 1. The van der Waals surface area contributed by atoms with Crippen LogP contribution in [-0.2, 0) is 11.3 Å². The number of aliphatic hydroxyl groups is 1. The molecule has 1 aromatic heterocycles. The van der Waals surface area contributed by atoms with E-state index in [0.717, 1.165) is 32.1 Å². The van der Waals surface area contributed by atoms with Crippen LogP contribution in [0, 0.1) is 17.2 Å². The molecule has 1 unspecified atom stereocenters. The molecule has 1 aromatic carbocycles. The Bertz CT molecular complexity index is 1380. The lowest BCUT2D eigenvalue weighted by Gasteiger charge is -2.52. The maximum absolute atomic E-state index is 14.9. The zero-order chi connectivity index (χ0) is 29.3. The minimum Gasteiger partial charge on any atom is -0.387 e. The van der Waals surface area contributed by atoms with Gasteiger partial charge in [-0.3, -0.25) is 14.4 Å². The molecule has 1 spiro atoms. The van der Waals surface area contributed by atoms with E-state index in [0.29, 0.717) is 58.0 Å². The van der Waals surface area contributed by atoms with Gasteiger partial charge in [0.1, 0.15) is 5.82 Å². The van der Waals surface area contributed by atoms with E-state index in [1.165, 1.54) is 42.2 Å². The monoisotopic (exact) mass is 578 g/mol. The summed E-state index contributed by atoms with van der Waals surface area (Å²) in [7, 11) is 0. The van der Waals surface area contributed by atoms with Crippen molar-refractivity contribution in [3.8, 4) is 11.1 Å². The van der Waals surface area contributed by atoms with Gasteiger partial charge in [0.25, 0.3) is 11.5 Å². The molecule has 2 N–H and O–H groups in total. The Morgan fingerprint density at radius 3 is 2.40 bits per heavy atom. The van der Waals surface area contributed by atoms with Crippen molar-refractivity contribution >= 4 is 11.8 Å². The number of hydrogen-bond donors (Lipinski definition) is 2. The molecular weight excluding hydrogens is 535 g/mol. The highest BCUT2D eigenvalue weighted by atomic mass is 19.1. The van der Waals surface area contributed by atoms with Crippen LogP contribution in [0.5, 0.6) is 0 Å². The number of piperazine rings is 1. The number of nitrogens with zero attached hydrogens (tertiary/aromatic N) is 3. The fourth-order valence-electron chi connectivity index (χ4n) is 7.67. The van der Waals surface area contributed by atoms with Gasteiger partial charge < -0.3 is 24.8 Å². The third-order valence-corrected chi connectivity index (χ3v) is 10.5. The van der Waals surface area contributed by atoms with Crippen molar-refractivity contribution < 1.29 is 19.1 Å². The number of piperidine rings is 1. The smallest absolute Gasteiger partial charge is 0.256 e. The third kappa shape index (κ3) is 5.53. The normalized spacial score (nSPS) is 24.1. The quantitative estimate of drug-likeness (QED) is 0.521. The first-order valence-electron chi connectivity index (χ1n) is 15.8. The summed E-state index contributed by atoms with van der Waals surface area (Å²) in [6, 6.07) is 7.53. The molecule has 2 saturated carbocycles. The Labute approximate surface area is 246 Å². The number of hydrogen-bond acceptors (Lipinski definition) is 5. The van der Waals surface area contributed by atoms with Crippen molar-refractivity contribution in [3.05, 3.63) is 58.3 Å². The first-order valence-corrected chi connectivity index (χ1v) is 15.8. The molecule has 2 aliphatic carbocycles. The maximum atomic E-state index is 14.9. The summed E-state index contributed by atoms with van der Waals surface area (Å²) in [4.78, 5) is 44.2. The summed E-state index contributed by atoms with van der Waals surface area (Å²) in [5.41, 5.74) is -1.34. The highest BCUT2D eigenvalue weighted by Crippen LogP contribution is 2.51. The first-order chi connectivity index (χ1) is 20.3. The Morgan fingerprint density at radius 1 is 0.976 bits per heavy atom. The predicted molar refractivity (Wildman–Crippen MR) is 158 cm³/mol. The van der Waals surface area contributed by atoms with Crippen LogP contribution in [0.25, 0.3) is 11.1 Å². The molecule has 4 fully saturated rings. The van der Waals surface area contributed by atoms with Gasteiger partial charge in [-0.1, -0.05) is 50.3 Å². The van der Waals surface area contributed by atoms with Crippen LogP contribution in [0.4, 0.5) is 4.39 Å². The number of carbonyl (C=O) groups excluding carboxylic acids is 2. The van der Waals surface area contributed by atoms with Crippen molar-refractivity contribution in [3.63, 3.8) is 0 Å². The van der Waals surface area contributed by atoms with Gasteiger partial charge in [-0.05, 0) is 37.7 Å². The number of nitrogens with one attached hydrogen (secondary N) is 1. The van der Waals surface area contributed by atoms with E-state index < -0.39 is 16.8 Å². The van der Waals surface area contributed by atoms with Gasteiger partial charge in [0.05, 0.1) is 17.7 Å². The number of carbonyl (C=O) groups is 2. The second-order valence-electron chi connectivity index (χ2n) is 13.0. The molecule has 2 amide bonds. The van der Waals surface area contributed by atoms with Crippen molar-refractivity contribution in [2.24, 2.45) is 11.3 Å². The van der Waals surface area contributed by atoms with Crippen LogP contribution in [0.2, 0.25) is 0 Å². The number of aromatic nitrogens is 1. The molecule has 2 saturated heterocycles. The van der Waals surface area contributed by atoms with Crippen LogP contribution < -0.4 is 10.9 Å². The molecule has 6 rings (SSSR count). The lowest BCUT2D eigenvalue weighted by Crippen LogP contribution is -2.62. The Balaban J connectivity index is 1.30. The van der Waals surface area contributed by atoms with Crippen molar-refractivity contribution in [2.45, 2.75) is 76.4 Å². The van der Waals surface area contributed by atoms with Gasteiger partial charge in [0.15, 0.2) is 0 Å². The summed E-state index contributed by atoms with van der Waals surface area (Å²) >= 11 is 0. The molecule has 3 heterocycles. The molecule has 0 bridgehead atoms. The van der Waals surface area contributed by atoms with E-state index in [9.17, 15) is 23.9 Å². The maximum Gasteiger partial charge on any atom is 0.256 e. The minimum atomic E-state index is -1.20. The summed E-state index contributed by atoms with van der Waals surface area (Å²) in [5.74, 6) is 0.0961.